The second kappa shape index (κ2) is 5.20. The zero-order chi connectivity index (χ0) is 14.3. The van der Waals surface area contributed by atoms with Crippen LogP contribution in [0, 0.1) is 0 Å². The van der Waals surface area contributed by atoms with E-state index in [9.17, 15) is 8.42 Å². The molecule has 1 aromatic heterocycles. The molecule has 0 spiro atoms. The molecule has 20 heavy (non-hydrogen) atoms. The number of hydrogen-bond acceptors (Lipinski definition) is 3. The Balaban J connectivity index is 2.08. The Morgan fingerprint density at radius 1 is 1.30 bits per heavy atom. The molecule has 0 amide bonds. The van der Waals surface area contributed by atoms with E-state index < -0.39 is 9.84 Å². The Morgan fingerprint density at radius 2 is 2.00 bits per heavy atom. The molecule has 1 aliphatic rings. The van der Waals surface area contributed by atoms with Crippen molar-refractivity contribution in [3.63, 3.8) is 0 Å². The van der Waals surface area contributed by atoms with Gasteiger partial charge in [0.2, 0.25) is 0 Å². The summed E-state index contributed by atoms with van der Waals surface area (Å²) in [6.45, 7) is 0. The first-order valence-corrected chi connectivity index (χ1v) is 9.16. The lowest BCUT2D eigenvalue weighted by atomic mass is 10.1. The smallest absolute Gasteiger partial charge is 0.150 e. The summed E-state index contributed by atoms with van der Waals surface area (Å²) in [6.07, 6.45) is 1.20. The first-order chi connectivity index (χ1) is 9.50. The predicted molar refractivity (Wildman–Crippen MR) is 81.2 cm³/mol. The molecule has 2 aromatic rings. The number of aromatic nitrogens is 2. The SMILES string of the molecule is O=S1(=O)CCC(n2c(CCl)nc3ccc(Cl)cc32)CC1. The van der Waals surface area contributed by atoms with Crippen molar-refractivity contribution in [2.24, 2.45) is 0 Å². The van der Waals surface area contributed by atoms with Crippen LogP contribution in [0.2, 0.25) is 5.02 Å². The van der Waals surface area contributed by atoms with E-state index in [1.54, 1.807) is 6.07 Å². The van der Waals surface area contributed by atoms with Crippen LogP contribution in [0.3, 0.4) is 0 Å². The van der Waals surface area contributed by atoms with Crippen molar-refractivity contribution in [1.82, 2.24) is 9.55 Å². The van der Waals surface area contributed by atoms with Gasteiger partial charge in [-0.15, -0.1) is 11.6 Å². The molecular formula is C13H14Cl2N2O2S. The number of benzene rings is 1. The summed E-state index contributed by atoms with van der Waals surface area (Å²) in [4.78, 5) is 4.51. The lowest BCUT2D eigenvalue weighted by molar-refractivity contribution is 0.450. The Hall–Kier alpha value is -0.780. The van der Waals surface area contributed by atoms with Crippen molar-refractivity contribution in [3.8, 4) is 0 Å². The minimum atomic E-state index is -2.88. The van der Waals surface area contributed by atoms with Crippen molar-refractivity contribution in [1.29, 1.82) is 0 Å². The van der Waals surface area contributed by atoms with Crippen molar-refractivity contribution in [2.75, 3.05) is 11.5 Å². The number of halogens is 2. The van der Waals surface area contributed by atoms with Gasteiger partial charge in [0.1, 0.15) is 15.7 Å². The van der Waals surface area contributed by atoms with Gasteiger partial charge in [-0.25, -0.2) is 13.4 Å². The summed E-state index contributed by atoms with van der Waals surface area (Å²) < 4.78 is 25.2. The highest BCUT2D eigenvalue weighted by atomic mass is 35.5. The summed E-state index contributed by atoms with van der Waals surface area (Å²) in [5.74, 6) is 1.52. The number of rotatable bonds is 2. The maximum absolute atomic E-state index is 11.6. The fourth-order valence-corrected chi connectivity index (χ4v) is 4.57. The standard InChI is InChI=1S/C13H14Cl2N2O2S/c14-8-13-16-11-2-1-9(15)7-12(11)17(13)10-3-5-20(18,19)6-4-10/h1-2,7,10H,3-6,8H2. The van der Waals surface area contributed by atoms with E-state index in [1.807, 2.05) is 12.1 Å². The fraction of sp³-hybridized carbons (Fsp3) is 0.462. The molecule has 1 aliphatic heterocycles. The van der Waals surface area contributed by atoms with Crippen molar-refractivity contribution in [3.05, 3.63) is 29.0 Å². The van der Waals surface area contributed by atoms with Crippen molar-refractivity contribution in [2.45, 2.75) is 24.8 Å². The van der Waals surface area contributed by atoms with Crippen molar-refractivity contribution >= 4 is 44.1 Å². The molecule has 0 atom stereocenters. The maximum Gasteiger partial charge on any atom is 0.150 e. The molecule has 4 nitrogen and oxygen atoms in total. The van der Waals surface area contributed by atoms with Gasteiger partial charge in [0, 0.05) is 11.1 Å². The molecule has 0 N–H and O–H groups in total. The third-order valence-electron chi connectivity index (χ3n) is 3.73. The molecule has 0 saturated carbocycles. The van der Waals surface area contributed by atoms with Crippen LogP contribution < -0.4 is 0 Å². The molecule has 0 bridgehead atoms. The normalized spacial score (nSPS) is 19.5. The molecule has 108 valence electrons. The van der Waals surface area contributed by atoms with Crippen molar-refractivity contribution < 1.29 is 8.42 Å². The van der Waals surface area contributed by atoms with E-state index >= 15 is 0 Å². The van der Waals surface area contributed by atoms with Crippen LogP contribution in [0.4, 0.5) is 0 Å². The van der Waals surface area contributed by atoms with E-state index in [1.165, 1.54) is 0 Å². The number of sulfone groups is 1. The second-order valence-corrected chi connectivity index (χ2v) is 8.06. The molecule has 1 fully saturated rings. The monoisotopic (exact) mass is 332 g/mol. The Labute approximate surface area is 127 Å². The van der Waals surface area contributed by atoms with Crippen LogP contribution in [0.1, 0.15) is 24.7 Å². The van der Waals surface area contributed by atoms with Gasteiger partial charge in [0.05, 0.1) is 28.4 Å². The maximum atomic E-state index is 11.6. The van der Waals surface area contributed by atoms with Gasteiger partial charge in [-0.05, 0) is 31.0 Å². The fourth-order valence-electron chi connectivity index (χ4n) is 2.75. The summed E-state index contributed by atoms with van der Waals surface area (Å²) in [5.41, 5.74) is 1.77. The Morgan fingerprint density at radius 3 is 2.65 bits per heavy atom. The van der Waals surface area contributed by atoms with E-state index in [-0.39, 0.29) is 17.5 Å². The minimum Gasteiger partial charge on any atom is -0.324 e. The van der Waals surface area contributed by atoms with Gasteiger partial charge in [-0.2, -0.15) is 0 Å². The number of fused-ring (bicyclic) bond motifs is 1. The van der Waals surface area contributed by atoms with Gasteiger partial charge < -0.3 is 4.57 Å². The molecule has 7 heteroatoms. The first kappa shape index (κ1) is 14.2. The molecule has 3 rings (SSSR count). The molecule has 2 heterocycles. The molecule has 0 unspecified atom stereocenters. The lowest BCUT2D eigenvalue weighted by Gasteiger charge is -2.25. The zero-order valence-corrected chi connectivity index (χ0v) is 13.0. The topological polar surface area (TPSA) is 52.0 Å². The predicted octanol–water partition coefficient (Wildman–Crippen LogP) is 3.18. The Kier molecular flexibility index (Phi) is 3.69. The van der Waals surface area contributed by atoms with Crippen LogP contribution in [-0.2, 0) is 15.7 Å². The highest BCUT2D eigenvalue weighted by Crippen LogP contribution is 2.31. The molecule has 0 radical (unpaired) electrons. The molecule has 1 aromatic carbocycles. The summed E-state index contributed by atoms with van der Waals surface area (Å²) >= 11 is 12.0. The number of nitrogens with zero attached hydrogens (tertiary/aromatic N) is 2. The number of hydrogen-bond donors (Lipinski definition) is 0. The van der Waals surface area contributed by atoms with Crippen LogP contribution in [0.15, 0.2) is 18.2 Å². The first-order valence-electron chi connectivity index (χ1n) is 6.43. The highest BCUT2D eigenvalue weighted by molar-refractivity contribution is 7.91. The zero-order valence-electron chi connectivity index (χ0n) is 10.7. The van der Waals surface area contributed by atoms with Gasteiger partial charge in [0.15, 0.2) is 0 Å². The second-order valence-electron chi connectivity index (χ2n) is 5.05. The average Bonchev–Trinajstić information content (AvgIpc) is 2.76. The molecule has 0 aliphatic carbocycles. The highest BCUT2D eigenvalue weighted by Gasteiger charge is 2.27. The van der Waals surface area contributed by atoms with E-state index in [0.29, 0.717) is 23.7 Å². The average molecular weight is 333 g/mol. The molecule has 1 saturated heterocycles. The van der Waals surface area contributed by atoms with Crippen LogP contribution in [0.25, 0.3) is 11.0 Å². The lowest BCUT2D eigenvalue weighted by Crippen LogP contribution is -2.26. The summed E-state index contributed by atoms with van der Waals surface area (Å²) in [6, 6.07) is 5.65. The third-order valence-corrected chi connectivity index (χ3v) is 5.92. The Bertz CT molecular complexity index is 741. The van der Waals surface area contributed by atoms with Gasteiger partial charge in [-0.3, -0.25) is 0 Å². The van der Waals surface area contributed by atoms with Crippen LogP contribution in [0.5, 0.6) is 0 Å². The van der Waals surface area contributed by atoms with Gasteiger partial charge in [-0.1, -0.05) is 11.6 Å². The van der Waals surface area contributed by atoms with Crippen LogP contribution in [-0.4, -0.2) is 29.5 Å². The van der Waals surface area contributed by atoms with E-state index in [4.69, 9.17) is 23.2 Å². The van der Waals surface area contributed by atoms with E-state index in [0.717, 1.165) is 16.9 Å². The molecular weight excluding hydrogens is 319 g/mol. The van der Waals surface area contributed by atoms with Gasteiger partial charge >= 0.3 is 0 Å². The quantitative estimate of drug-likeness (QED) is 0.793. The third kappa shape index (κ3) is 2.54. The summed E-state index contributed by atoms with van der Waals surface area (Å²) in [5, 5.41) is 0.642. The minimum absolute atomic E-state index is 0.121. The number of alkyl halides is 1. The van der Waals surface area contributed by atoms with Gasteiger partial charge in [0.25, 0.3) is 0 Å². The largest absolute Gasteiger partial charge is 0.324 e. The number of imidazole rings is 1. The summed E-state index contributed by atoms with van der Waals surface area (Å²) in [7, 11) is -2.88. The van der Waals surface area contributed by atoms with E-state index in [2.05, 4.69) is 9.55 Å². The van der Waals surface area contributed by atoms with Crippen LogP contribution >= 0.6 is 23.2 Å².